The molecule has 0 N–H and O–H groups in total. The Kier molecular flexibility index (Phi) is 6.65. The van der Waals surface area contributed by atoms with Gasteiger partial charge < -0.3 is 0 Å². The number of benzene rings is 7. The SMILES string of the molecule is c1ccc(-c2ccc(-c3nc(-c4ccccc4)nc(-c4ccc5sc6cc(-c7cccc8ccccc78)ccc6c5c4)n3)cc2)cc1. The van der Waals surface area contributed by atoms with Crippen molar-refractivity contribution in [2.45, 2.75) is 0 Å². The molecule has 2 aromatic heterocycles. The van der Waals surface area contributed by atoms with Gasteiger partial charge in [-0.25, -0.2) is 15.0 Å². The predicted molar refractivity (Wildman–Crippen MR) is 197 cm³/mol. The second-order valence-corrected chi connectivity index (χ2v) is 12.8. The molecule has 0 spiro atoms. The summed E-state index contributed by atoms with van der Waals surface area (Å²) in [7, 11) is 0. The van der Waals surface area contributed by atoms with Crippen molar-refractivity contribution in [1.29, 1.82) is 0 Å². The monoisotopic (exact) mass is 617 g/mol. The fourth-order valence-electron chi connectivity index (χ4n) is 6.35. The molecule has 2 heterocycles. The lowest BCUT2D eigenvalue weighted by atomic mass is 9.97. The molecular formula is C43H27N3S. The molecule has 0 aliphatic rings. The highest BCUT2D eigenvalue weighted by Crippen LogP contribution is 2.39. The minimum Gasteiger partial charge on any atom is -0.208 e. The summed E-state index contributed by atoms with van der Waals surface area (Å²) in [6, 6.07) is 57.5. The highest BCUT2D eigenvalue weighted by Gasteiger charge is 2.15. The molecule has 0 aliphatic carbocycles. The molecule has 3 nitrogen and oxygen atoms in total. The smallest absolute Gasteiger partial charge is 0.164 e. The van der Waals surface area contributed by atoms with E-state index >= 15 is 0 Å². The van der Waals surface area contributed by atoms with E-state index in [2.05, 4.69) is 127 Å². The summed E-state index contributed by atoms with van der Waals surface area (Å²) < 4.78 is 2.51. The summed E-state index contributed by atoms with van der Waals surface area (Å²) in [6.07, 6.45) is 0. The van der Waals surface area contributed by atoms with E-state index in [4.69, 9.17) is 15.0 Å². The largest absolute Gasteiger partial charge is 0.208 e. The summed E-state index contributed by atoms with van der Waals surface area (Å²) in [4.78, 5) is 15.0. The maximum Gasteiger partial charge on any atom is 0.164 e. The van der Waals surface area contributed by atoms with Crippen LogP contribution < -0.4 is 0 Å². The number of rotatable bonds is 5. The molecule has 9 rings (SSSR count). The number of hydrogen-bond donors (Lipinski definition) is 0. The van der Waals surface area contributed by atoms with Crippen molar-refractivity contribution < 1.29 is 0 Å². The summed E-state index contributed by atoms with van der Waals surface area (Å²) in [5.74, 6) is 1.98. The van der Waals surface area contributed by atoms with Crippen molar-refractivity contribution in [3.05, 3.63) is 164 Å². The van der Waals surface area contributed by atoms with Crippen LogP contribution in [0, 0.1) is 0 Å². The van der Waals surface area contributed by atoms with Crippen LogP contribution >= 0.6 is 11.3 Å². The van der Waals surface area contributed by atoms with Crippen LogP contribution in [0.5, 0.6) is 0 Å². The number of nitrogens with zero attached hydrogens (tertiary/aromatic N) is 3. The molecule has 4 heteroatoms. The third-order valence-corrected chi connectivity index (χ3v) is 9.88. The Morgan fingerprint density at radius 1 is 0.319 bits per heavy atom. The molecule has 0 radical (unpaired) electrons. The van der Waals surface area contributed by atoms with Gasteiger partial charge in [0.25, 0.3) is 0 Å². The van der Waals surface area contributed by atoms with E-state index in [1.54, 1.807) is 0 Å². The Balaban J connectivity index is 1.15. The van der Waals surface area contributed by atoms with Crippen LogP contribution in [0.1, 0.15) is 0 Å². The lowest BCUT2D eigenvalue weighted by molar-refractivity contribution is 1.07. The normalized spacial score (nSPS) is 11.4. The lowest BCUT2D eigenvalue weighted by Crippen LogP contribution is -2.00. The van der Waals surface area contributed by atoms with Crippen molar-refractivity contribution in [3.8, 4) is 56.4 Å². The van der Waals surface area contributed by atoms with Crippen molar-refractivity contribution in [3.63, 3.8) is 0 Å². The second-order valence-electron chi connectivity index (χ2n) is 11.7. The molecule has 7 aromatic carbocycles. The standard InChI is InChI=1S/C43H27N3S/c1-3-10-28(11-4-1)29-18-20-32(21-19-29)42-44-41(31-13-5-2-6-14-31)45-43(46-42)34-23-25-39-38(26-34)37-24-22-33(27-40(37)47-39)36-17-9-15-30-12-7-8-16-35(30)36/h1-27H. The zero-order valence-corrected chi connectivity index (χ0v) is 26.2. The third-order valence-electron chi connectivity index (χ3n) is 8.75. The fraction of sp³-hybridized carbons (Fsp3) is 0. The Morgan fingerprint density at radius 3 is 1.64 bits per heavy atom. The van der Waals surface area contributed by atoms with Crippen molar-refractivity contribution in [2.75, 3.05) is 0 Å². The van der Waals surface area contributed by atoms with Crippen LogP contribution in [0.15, 0.2) is 164 Å². The van der Waals surface area contributed by atoms with Crippen molar-refractivity contribution in [1.82, 2.24) is 15.0 Å². The number of fused-ring (bicyclic) bond motifs is 4. The van der Waals surface area contributed by atoms with E-state index in [1.807, 2.05) is 47.7 Å². The lowest BCUT2D eigenvalue weighted by Gasteiger charge is -2.09. The van der Waals surface area contributed by atoms with Gasteiger partial charge in [0.2, 0.25) is 0 Å². The van der Waals surface area contributed by atoms with Crippen LogP contribution in [0.4, 0.5) is 0 Å². The minimum absolute atomic E-state index is 0.656. The highest BCUT2D eigenvalue weighted by atomic mass is 32.1. The first-order valence-electron chi connectivity index (χ1n) is 15.7. The van der Waals surface area contributed by atoms with E-state index in [0.29, 0.717) is 17.5 Å². The van der Waals surface area contributed by atoms with Gasteiger partial charge in [0.05, 0.1) is 0 Å². The van der Waals surface area contributed by atoms with Gasteiger partial charge in [-0.05, 0) is 57.3 Å². The Bertz CT molecular complexity index is 2550. The maximum absolute atomic E-state index is 5.04. The number of hydrogen-bond acceptors (Lipinski definition) is 4. The quantitative estimate of drug-likeness (QED) is 0.193. The predicted octanol–water partition coefficient (Wildman–Crippen LogP) is 11.7. The molecule has 9 aromatic rings. The molecule has 0 fully saturated rings. The van der Waals surface area contributed by atoms with E-state index in [1.165, 1.54) is 47.6 Å². The summed E-state index contributed by atoms with van der Waals surface area (Å²) in [6.45, 7) is 0. The summed E-state index contributed by atoms with van der Waals surface area (Å²) in [5.41, 5.74) is 7.71. The van der Waals surface area contributed by atoms with Crippen LogP contribution in [-0.4, -0.2) is 15.0 Å². The van der Waals surface area contributed by atoms with Gasteiger partial charge in [-0.3, -0.25) is 0 Å². The van der Waals surface area contributed by atoms with E-state index in [9.17, 15) is 0 Å². The third kappa shape index (κ3) is 5.05. The number of thiophene rings is 1. The molecule has 47 heavy (non-hydrogen) atoms. The molecule has 0 atom stereocenters. The topological polar surface area (TPSA) is 38.7 Å². The molecule has 0 unspecified atom stereocenters. The van der Waals surface area contributed by atoms with Crippen LogP contribution in [0.2, 0.25) is 0 Å². The van der Waals surface area contributed by atoms with Crippen molar-refractivity contribution in [2.24, 2.45) is 0 Å². The fourth-order valence-corrected chi connectivity index (χ4v) is 7.48. The molecular weight excluding hydrogens is 591 g/mol. The first kappa shape index (κ1) is 27.3. The molecule has 0 amide bonds. The molecule has 0 aliphatic heterocycles. The Morgan fingerprint density at radius 2 is 0.872 bits per heavy atom. The first-order valence-corrected chi connectivity index (χ1v) is 16.5. The van der Waals surface area contributed by atoms with Crippen LogP contribution in [0.25, 0.3) is 87.4 Å². The minimum atomic E-state index is 0.656. The summed E-state index contributed by atoms with van der Waals surface area (Å²) >= 11 is 1.83. The van der Waals surface area contributed by atoms with Gasteiger partial charge in [0.1, 0.15) is 0 Å². The highest BCUT2D eigenvalue weighted by molar-refractivity contribution is 7.25. The van der Waals surface area contributed by atoms with Gasteiger partial charge in [-0.15, -0.1) is 11.3 Å². The first-order chi connectivity index (χ1) is 23.3. The Labute approximate surface area is 276 Å². The molecule has 0 saturated heterocycles. The average molecular weight is 618 g/mol. The van der Waals surface area contributed by atoms with Gasteiger partial charge in [0.15, 0.2) is 17.5 Å². The van der Waals surface area contributed by atoms with Gasteiger partial charge in [-0.1, -0.05) is 140 Å². The zero-order chi connectivity index (χ0) is 31.2. The molecule has 220 valence electrons. The van der Waals surface area contributed by atoms with Crippen LogP contribution in [-0.2, 0) is 0 Å². The van der Waals surface area contributed by atoms with Crippen LogP contribution in [0.3, 0.4) is 0 Å². The second kappa shape index (κ2) is 11.4. The Hall–Kier alpha value is -5.97. The molecule has 0 bridgehead atoms. The maximum atomic E-state index is 5.04. The number of aromatic nitrogens is 3. The zero-order valence-electron chi connectivity index (χ0n) is 25.3. The summed E-state index contributed by atoms with van der Waals surface area (Å²) in [5, 5.41) is 4.98. The van der Waals surface area contributed by atoms with Gasteiger partial charge in [0, 0.05) is 36.9 Å². The van der Waals surface area contributed by atoms with Crippen molar-refractivity contribution >= 4 is 42.3 Å². The van der Waals surface area contributed by atoms with Gasteiger partial charge >= 0.3 is 0 Å². The van der Waals surface area contributed by atoms with E-state index in [0.717, 1.165) is 22.3 Å². The molecule has 0 saturated carbocycles. The van der Waals surface area contributed by atoms with E-state index in [-0.39, 0.29) is 0 Å². The van der Waals surface area contributed by atoms with E-state index < -0.39 is 0 Å². The van der Waals surface area contributed by atoms with Gasteiger partial charge in [-0.2, -0.15) is 0 Å². The average Bonchev–Trinajstić information content (AvgIpc) is 3.52.